The maximum atomic E-state index is 12.8. The fourth-order valence-corrected chi connectivity index (χ4v) is 2.23. The number of hydrazine groups is 1. The minimum absolute atomic E-state index is 0.0657. The minimum Gasteiger partial charge on any atom is -0.493 e. The van der Waals surface area contributed by atoms with Crippen molar-refractivity contribution in [2.24, 2.45) is 5.92 Å². The maximum Gasteiger partial charge on any atom is 0.269 e. The summed E-state index contributed by atoms with van der Waals surface area (Å²) in [6.45, 7) is 4.69. The first-order valence-electron chi connectivity index (χ1n) is 8.91. The third-order valence-corrected chi connectivity index (χ3v) is 3.73. The molecule has 0 spiro atoms. The Balaban J connectivity index is 1.76. The number of hydrogen-bond donors (Lipinski definition) is 3. The normalized spacial score (nSPS) is 10.6. The Hall–Kier alpha value is -3.26. The zero-order valence-electron chi connectivity index (χ0n) is 16.1. The van der Waals surface area contributed by atoms with Crippen LogP contribution in [0.15, 0.2) is 54.6 Å². The summed E-state index contributed by atoms with van der Waals surface area (Å²) in [7, 11) is 0. The average Bonchev–Trinajstić information content (AvgIpc) is 2.70. The number of thiocarbonyl (C=S) groups is 1. The van der Waals surface area contributed by atoms with Crippen LogP contribution in [0.4, 0.5) is 4.39 Å². The third-order valence-electron chi connectivity index (χ3n) is 3.52. The van der Waals surface area contributed by atoms with E-state index in [9.17, 15) is 14.0 Å². The summed E-state index contributed by atoms with van der Waals surface area (Å²) in [5.41, 5.74) is 5.92. The van der Waals surface area contributed by atoms with Crippen LogP contribution in [0.5, 0.6) is 5.75 Å². The van der Waals surface area contributed by atoms with Gasteiger partial charge < -0.3 is 4.74 Å². The number of carbonyl (C=O) groups is 2. The summed E-state index contributed by atoms with van der Waals surface area (Å²) in [5, 5.41) is 2.32. The van der Waals surface area contributed by atoms with E-state index in [0.717, 1.165) is 0 Å². The molecular formula is C21H22FN3O3S. The molecule has 0 saturated carbocycles. The monoisotopic (exact) mass is 415 g/mol. The molecule has 6 nitrogen and oxygen atoms in total. The largest absolute Gasteiger partial charge is 0.493 e. The molecule has 0 aliphatic rings. The second-order valence-corrected chi connectivity index (χ2v) is 6.92. The number of nitrogens with one attached hydrogen (secondary N) is 3. The molecule has 29 heavy (non-hydrogen) atoms. The zero-order valence-corrected chi connectivity index (χ0v) is 16.9. The summed E-state index contributed by atoms with van der Waals surface area (Å²) < 4.78 is 18.4. The van der Waals surface area contributed by atoms with Crippen molar-refractivity contribution in [1.29, 1.82) is 0 Å². The topological polar surface area (TPSA) is 79.5 Å². The molecule has 0 bridgehead atoms. The van der Waals surface area contributed by atoms with Gasteiger partial charge in [-0.1, -0.05) is 26.0 Å². The van der Waals surface area contributed by atoms with Gasteiger partial charge in [-0.15, -0.1) is 0 Å². The van der Waals surface area contributed by atoms with Crippen LogP contribution in [-0.4, -0.2) is 23.5 Å². The highest BCUT2D eigenvalue weighted by Gasteiger charge is 2.07. The smallest absolute Gasteiger partial charge is 0.269 e. The highest BCUT2D eigenvalue weighted by atomic mass is 32.1. The van der Waals surface area contributed by atoms with Crippen LogP contribution in [0.3, 0.4) is 0 Å². The second-order valence-electron chi connectivity index (χ2n) is 6.51. The Labute approximate surface area is 174 Å². The van der Waals surface area contributed by atoms with E-state index in [1.54, 1.807) is 24.3 Å². The lowest BCUT2D eigenvalue weighted by Crippen LogP contribution is -2.48. The van der Waals surface area contributed by atoms with Crippen LogP contribution in [0.25, 0.3) is 6.08 Å². The number of rotatable bonds is 6. The van der Waals surface area contributed by atoms with E-state index < -0.39 is 11.8 Å². The highest BCUT2D eigenvalue weighted by Crippen LogP contribution is 2.13. The fraction of sp³-hybridized carbons (Fsp3) is 0.190. The molecule has 0 aromatic heterocycles. The molecule has 2 rings (SSSR count). The molecule has 0 aliphatic heterocycles. The molecule has 0 saturated heterocycles. The lowest BCUT2D eigenvalue weighted by atomic mass is 10.2. The second kappa shape index (κ2) is 10.9. The van der Waals surface area contributed by atoms with Gasteiger partial charge in [0.15, 0.2) is 5.11 Å². The van der Waals surface area contributed by atoms with Crippen molar-refractivity contribution in [3.63, 3.8) is 0 Å². The summed E-state index contributed by atoms with van der Waals surface area (Å²) in [5.74, 6) is -0.181. The number of ether oxygens (including phenoxy) is 1. The SMILES string of the molecule is CC(C)COc1ccc(C(=O)NNC(=S)NC(=O)/C=C/c2ccc(F)cc2)cc1. The molecule has 0 unspecified atom stereocenters. The molecule has 0 radical (unpaired) electrons. The molecular weight excluding hydrogens is 393 g/mol. The van der Waals surface area contributed by atoms with Crippen LogP contribution < -0.4 is 20.9 Å². The van der Waals surface area contributed by atoms with Crippen molar-refractivity contribution in [3.8, 4) is 5.75 Å². The number of halogens is 1. The first kappa shape index (κ1) is 22.0. The van der Waals surface area contributed by atoms with Crippen LogP contribution in [-0.2, 0) is 4.79 Å². The summed E-state index contributed by atoms with van der Waals surface area (Å²) in [6, 6.07) is 12.3. The average molecular weight is 415 g/mol. The van der Waals surface area contributed by atoms with Gasteiger partial charge in [-0.25, -0.2) is 4.39 Å². The minimum atomic E-state index is -0.493. The summed E-state index contributed by atoms with van der Waals surface area (Å²) in [4.78, 5) is 23.9. The number of hydrogen-bond acceptors (Lipinski definition) is 4. The quantitative estimate of drug-likeness (QED) is 0.384. The van der Waals surface area contributed by atoms with E-state index >= 15 is 0 Å². The van der Waals surface area contributed by atoms with Gasteiger partial charge in [-0.2, -0.15) is 0 Å². The fourth-order valence-electron chi connectivity index (χ4n) is 2.08. The van der Waals surface area contributed by atoms with Gasteiger partial charge in [0.05, 0.1) is 6.61 Å². The Bertz CT molecular complexity index is 881. The molecule has 8 heteroatoms. The first-order chi connectivity index (χ1) is 13.8. The van der Waals surface area contributed by atoms with E-state index in [0.29, 0.717) is 29.4 Å². The number of carbonyl (C=O) groups excluding carboxylic acids is 2. The van der Waals surface area contributed by atoms with Crippen molar-refractivity contribution in [2.45, 2.75) is 13.8 Å². The molecule has 0 atom stereocenters. The van der Waals surface area contributed by atoms with Gasteiger partial charge in [-0.05, 0) is 66.2 Å². The maximum absolute atomic E-state index is 12.8. The molecule has 2 aromatic carbocycles. The van der Waals surface area contributed by atoms with Crippen LogP contribution >= 0.6 is 12.2 Å². The standard InChI is InChI=1S/C21H22FN3O3S/c1-14(2)13-28-18-10-6-16(7-11-18)20(27)24-25-21(29)23-19(26)12-5-15-3-8-17(22)9-4-15/h3-12,14H,13H2,1-2H3,(H,24,27)(H2,23,25,26,29)/b12-5+. The number of benzene rings is 2. The molecule has 2 amide bonds. The lowest BCUT2D eigenvalue weighted by Gasteiger charge is -2.11. The van der Waals surface area contributed by atoms with Gasteiger partial charge in [0.2, 0.25) is 5.91 Å². The molecule has 0 aliphatic carbocycles. The van der Waals surface area contributed by atoms with E-state index in [-0.39, 0.29) is 10.9 Å². The van der Waals surface area contributed by atoms with Crippen LogP contribution in [0.2, 0.25) is 0 Å². The summed E-state index contributed by atoms with van der Waals surface area (Å²) >= 11 is 4.96. The predicted octanol–water partition coefficient (Wildman–Crippen LogP) is 3.21. The van der Waals surface area contributed by atoms with Gasteiger partial charge in [-0.3, -0.25) is 25.8 Å². The molecule has 0 heterocycles. The van der Waals surface area contributed by atoms with E-state index in [1.807, 2.05) is 13.8 Å². The van der Waals surface area contributed by atoms with Gasteiger partial charge >= 0.3 is 0 Å². The molecule has 2 aromatic rings. The van der Waals surface area contributed by atoms with E-state index in [2.05, 4.69) is 16.2 Å². The molecule has 0 fully saturated rings. The lowest BCUT2D eigenvalue weighted by molar-refractivity contribution is -0.115. The first-order valence-corrected chi connectivity index (χ1v) is 9.32. The number of amides is 2. The van der Waals surface area contributed by atoms with Crippen LogP contribution in [0, 0.1) is 11.7 Å². The summed E-state index contributed by atoms with van der Waals surface area (Å²) in [6.07, 6.45) is 2.76. The Kier molecular flexibility index (Phi) is 8.29. The van der Waals surface area contributed by atoms with Crippen molar-refractivity contribution < 1.29 is 18.7 Å². The van der Waals surface area contributed by atoms with Gasteiger partial charge in [0, 0.05) is 11.6 Å². The van der Waals surface area contributed by atoms with Crippen molar-refractivity contribution in [3.05, 3.63) is 71.6 Å². The Morgan fingerprint density at radius 3 is 2.34 bits per heavy atom. The highest BCUT2D eigenvalue weighted by molar-refractivity contribution is 7.80. The molecule has 152 valence electrons. The predicted molar refractivity (Wildman–Crippen MR) is 114 cm³/mol. The van der Waals surface area contributed by atoms with Gasteiger partial charge in [0.1, 0.15) is 11.6 Å². The van der Waals surface area contributed by atoms with Crippen molar-refractivity contribution in [2.75, 3.05) is 6.61 Å². The molecule has 3 N–H and O–H groups in total. The van der Waals surface area contributed by atoms with Crippen molar-refractivity contribution in [1.82, 2.24) is 16.2 Å². The van der Waals surface area contributed by atoms with E-state index in [4.69, 9.17) is 17.0 Å². The van der Waals surface area contributed by atoms with Crippen LogP contribution in [0.1, 0.15) is 29.8 Å². The van der Waals surface area contributed by atoms with Gasteiger partial charge in [0.25, 0.3) is 5.91 Å². The Morgan fingerprint density at radius 1 is 1.07 bits per heavy atom. The zero-order chi connectivity index (χ0) is 21.2. The third kappa shape index (κ3) is 8.10. The van der Waals surface area contributed by atoms with Crippen molar-refractivity contribution >= 4 is 35.2 Å². The van der Waals surface area contributed by atoms with E-state index in [1.165, 1.54) is 36.4 Å². The Morgan fingerprint density at radius 2 is 1.72 bits per heavy atom.